The third-order valence-electron chi connectivity index (χ3n) is 11.6. The third kappa shape index (κ3) is 4.69. The summed E-state index contributed by atoms with van der Waals surface area (Å²) in [5.41, 5.74) is 14.9. The molecule has 4 heteroatoms. The molecule has 272 valence electrons. The highest BCUT2D eigenvalue weighted by atomic mass is 16.3. The topological polar surface area (TPSA) is 52.6 Å². The van der Waals surface area contributed by atoms with Gasteiger partial charge in [-0.05, 0) is 69.8 Å². The highest BCUT2D eigenvalue weighted by Gasteiger charge is 2.25. The molecule has 0 radical (unpaired) electrons. The van der Waals surface area contributed by atoms with Crippen molar-refractivity contribution in [1.82, 2.24) is 0 Å². The Balaban J connectivity index is 1.10. The van der Waals surface area contributed by atoms with Gasteiger partial charge in [0.25, 0.3) is 0 Å². The number of furan rings is 4. The number of rotatable bonds is 6. The lowest BCUT2D eigenvalue weighted by Gasteiger charge is -2.07. The molecule has 0 N–H and O–H groups in total. The average Bonchev–Trinajstić information content (AvgIpc) is 4.04. The Labute approximate surface area is 331 Å². The van der Waals surface area contributed by atoms with Crippen molar-refractivity contribution >= 4 is 93.3 Å². The zero-order valence-electron chi connectivity index (χ0n) is 31.2. The van der Waals surface area contributed by atoms with E-state index in [2.05, 4.69) is 134 Å². The molecule has 4 nitrogen and oxygen atoms in total. The second-order valence-corrected chi connectivity index (χ2v) is 14.8. The number of allylic oxidation sites excluding steroid dienone is 4. The molecule has 0 aliphatic rings. The summed E-state index contributed by atoms with van der Waals surface area (Å²) in [6.45, 7) is 7.85. The van der Waals surface area contributed by atoms with Crippen LogP contribution in [0.25, 0.3) is 127 Å². The minimum Gasteiger partial charge on any atom is -0.456 e. The van der Waals surface area contributed by atoms with Crippen LogP contribution in [0.5, 0.6) is 0 Å². The Bertz CT molecular complexity index is 3680. The number of hydrogen-bond acceptors (Lipinski definition) is 4. The van der Waals surface area contributed by atoms with Crippen LogP contribution in [0.2, 0.25) is 0 Å². The first kappa shape index (κ1) is 32.4. The Hall–Kier alpha value is -7.82. The van der Waals surface area contributed by atoms with Gasteiger partial charge in [-0.25, -0.2) is 0 Å². The molecule has 0 saturated carbocycles. The van der Waals surface area contributed by atoms with Gasteiger partial charge in [-0.3, -0.25) is 0 Å². The SMILES string of the molecule is C=C/C=C(\C=C)c1ccc(-c2cc3oc4cc5c(cc4c3c3c2oc2ccccc23)oc2cc(-c3ccc(-c4ccccc4)cc3)c3oc4ccccc4c3c25)cc1. The highest BCUT2D eigenvalue weighted by Crippen LogP contribution is 2.49. The molecule has 12 aromatic rings. The summed E-state index contributed by atoms with van der Waals surface area (Å²) in [5.74, 6) is 0. The van der Waals surface area contributed by atoms with E-state index in [0.29, 0.717) is 0 Å². The molecule has 0 fully saturated rings. The van der Waals surface area contributed by atoms with E-state index in [1.807, 2.05) is 42.5 Å². The number of para-hydroxylation sites is 2. The minimum absolute atomic E-state index is 0.774. The van der Waals surface area contributed by atoms with Crippen molar-refractivity contribution in [3.63, 3.8) is 0 Å². The van der Waals surface area contributed by atoms with Gasteiger partial charge in [0.1, 0.15) is 44.7 Å². The molecule has 0 atom stereocenters. The molecule has 0 bridgehead atoms. The molecule has 58 heavy (non-hydrogen) atoms. The Morgan fingerprint density at radius 3 is 1.36 bits per heavy atom. The van der Waals surface area contributed by atoms with E-state index in [1.165, 1.54) is 5.56 Å². The van der Waals surface area contributed by atoms with E-state index in [4.69, 9.17) is 17.7 Å². The second kappa shape index (κ2) is 12.3. The maximum Gasteiger partial charge on any atom is 0.144 e. The summed E-state index contributed by atoms with van der Waals surface area (Å²) in [6.07, 6.45) is 5.59. The van der Waals surface area contributed by atoms with Gasteiger partial charge >= 0.3 is 0 Å². The zero-order chi connectivity index (χ0) is 38.5. The summed E-state index contributed by atoms with van der Waals surface area (Å²) in [4.78, 5) is 0. The fraction of sp³-hybridized carbons (Fsp3) is 0. The lowest BCUT2D eigenvalue weighted by Crippen LogP contribution is -1.84. The summed E-state index contributed by atoms with van der Waals surface area (Å²) in [5, 5.41) is 8.06. The van der Waals surface area contributed by atoms with Gasteiger partial charge < -0.3 is 17.7 Å². The first-order chi connectivity index (χ1) is 28.6. The molecule has 0 amide bonds. The molecule has 0 aliphatic carbocycles. The largest absolute Gasteiger partial charge is 0.456 e. The van der Waals surface area contributed by atoms with Crippen LogP contribution in [0.3, 0.4) is 0 Å². The van der Waals surface area contributed by atoms with Crippen molar-refractivity contribution < 1.29 is 17.7 Å². The quantitative estimate of drug-likeness (QED) is 0.159. The Morgan fingerprint density at radius 1 is 0.379 bits per heavy atom. The number of benzene rings is 8. The molecule has 8 aromatic carbocycles. The van der Waals surface area contributed by atoms with Gasteiger partial charge in [0.15, 0.2) is 0 Å². The number of hydrogen-bond donors (Lipinski definition) is 0. The lowest BCUT2D eigenvalue weighted by atomic mass is 9.95. The maximum absolute atomic E-state index is 6.87. The summed E-state index contributed by atoms with van der Waals surface area (Å²) < 4.78 is 27.1. The first-order valence-corrected chi connectivity index (χ1v) is 19.4. The van der Waals surface area contributed by atoms with Crippen LogP contribution >= 0.6 is 0 Å². The second-order valence-electron chi connectivity index (χ2n) is 14.8. The number of fused-ring (bicyclic) bond motifs is 14. The van der Waals surface area contributed by atoms with E-state index >= 15 is 0 Å². The monoisotopic (exact) mass is 744 g/mol. The van der Waals surface area contributed by atoms with Crippen molar-refractivity contribution in [1.29, 1.82) is 0 Å². The summed E-state index contributed by atoms with van der Waals surface area (Å²) >= 11 is 0. The van der Waals surface area contributed by atoms with Crippen LogP contribution in [-0.4, -0.2) is 0 Å². The van der Waals surface area contributed by atoms with E-state index in [9.17, 15) is 0 Å². The smallest absolute Gasteiger partial charge is 0.144 e. The van der Waals surface area contributed by atoms with Crippen LogP contribution in [0.4, 0.5) is 0 Å². The fourth-order valence-electron chi connectivity index (χ4n) is 8.96. The van der Waals surface area contributed by atoms with Gasteiger partial charge in [0, 0.05) is 54.2 Å². The average molecular weight is 745 g/mol. The van der Waals surface area contributed by atoms with E-state index in [1.54, 1.807) is 6.08 Å². The van der Waals surface area contributed by atoms with Crippen molar-refractivity contribution in [2.75, 3.05) is 0 Å². The van der Waals surface area contributed by atoms with Gasteiger partial charge in [0.2, 0.25) is 0 Å². The molecule has 0 unspecified atom stereocenters. The molecular weight excluding hydrogens is 713 g/mol. The molecular formula is C54H32O4. The van der Waals surface area contributed by atoms with Crippen molar-refractivity contribution in [2.24, 2.45) is 0 Å². The summed E-state index contributed by atoms with van der Waals surface area (Å²) in [7, 11) is 0. The lowest BCUT2D eigenvalue weighted by molar-refractivity contribution is 0.661. The van der Waals surface area contributed by atoms with Gasteiger partial charge in [0.05, 0.1) is 0 Å². The van der Waals surface area contributed by atoms with Gasteiger partial charge in [-0.1, -0.05) is 147 Å². The minimum atomic E-state index is 0.774. The van der Waals surface area contributed by atoms with Crippen LogP contribution in [0.15, 0.2) is 201 Å². The Kier molecular flexibility index (Phi) is 6.90. The van der Waals surface area contributed by atoms with Crippen molar-refractivity contribution in [3.05, 3.63) is 189 Å². The first-order valence-electron chi connectivity index (χ1n) is 19.4. The standard InChI is InChI=1S/C54H32O4/c1-3-12-31(4-2)33-19-23-35(24-20-33)39-27-47-49(51-37-15-8-10-17-43(37)57-53(39)51)41-29-46-42(30-45(41)55-47)50-48(56-46)28-40(54-52(50)38-16-9-11-18-44(38)58-54)36-25-21-34(22-26-36)32-13-6-5-7-14-32/h3-30H,1-2H2/b31-12+. The molecule has 0 saturated heterocycles. The predicted octanol–water partition coefficient (Wildman–Crippen LogP) is 16.0. The van der Waals surface area contributed by atoms with E-state index in [0.717, 1.165) is 127 Å². The van der Waals surface area contributed by atoms with Crippen LogP contribution < -0.4 is 0 Å². The van der Waals surface area contributed by atoms with Gasteiger partial charge in [-0.15, -0.1) is 0 Å². The van der Waals surface area contributed by atoms with E-state index < -0.39 is 0 Å². The predicted molar refractivity (Wildman–Crippen MR) is 240 cm³/mol. The molecule has 12 rings (SSSR count). The zero-order valence-corrected chi connectivity index (χ0v) is 31.2. The Morgan fingerprint density at radius 2 is 0.845 bits per heavy atom. The highest BCUT2D eigenvalue weighted by molar-refractivity contribution is 6.32. The third-order valence-corrected chi connectivity index (χ3v) is 11.6. The van der Waals surface area contributed by atoms with Crippen molar-refractivity contribution in [2.45, 2.75) is 0 Å². The van der Waals surface area contributed by atoms with Crippen LogP contribution in [-0.2, 0) is 0 Å². The van der Waals surface area contributed by atoms with Crippen molar-refractivity contribution in [3.8, 4) is 33.4 Å². The molecule has 0 spiro atoms. The summed E-state index contributed by atoms with van der Waals surface area (Å²) in [6, 6.07) is 52.5. The molecule has 0 aliphatic heterocycles. The van der Waals surface area contributed by atoms with Crippen LogP contribution in [0.1, 0.15) is 5.56 Å². The normalized spacial score (nSPS) is 12.4. The fourth-order valence-corrected chi connectivity index (χ4v) is 8.96. The molecule has 4 aromatic heterocycles. The van der Waals surface area contributed by atoms with Gasteiger partial charge in [-0.2, -0.15) is 0 Å². The maximum atomic E-state index is 6.87. The van der Waals surface area contributed by atoms with Crippen LogP contribution in [0, 0.1) is 0 Å². The molecule has 4 heterocycles. The van der Waals surface area contributed by atoms with E-state index in [-0.39, 0.29) is 0 Å².